The minimum atomic E-state index is -0.162. The maximum atomic E-state index is 12.1. The van der Waals surface area contributed by atoms with Gasteiger partial charge < -0.3 is 54.3 Å². The first kappa shape index (κ1) is 61.1. The van der Waals surface area contributed by atoms with E-state index in [0.29, 0.717) is 62.6 Å². The van der Waals surface area contributed by atoms with Crippen LogP contribution < -0.4 is 54.3 Å². The average Bonchev–Trinajstić information content (AvgIpc) is 3.51. The molecule has 1 atom stereocenters. The molecule has 81 heavy (non-hydrogen) atoms. The summed E-state index contributed by atoms with van der Waals surface area (Å²) in [5.74, 6) is 5.38. The smallest absolute Gasteiger partial charge is 0.244 e. The van der Waals surface area contributed by atoms with Crippen LogP contribution in [-0.4, -0.2) is 71.1 Å². The normalized spacial score (nSPS) is 12.2. The highest BCUT2D eigenvalue weighted by atomic mass is 16.5. The number of amides is 1. The first-order valence-corrected chi connectivity index (χ1v) is 26.4. The molecule has 0 saturated heterocycles. The maximum Gasteiger partial charge on any atom is 0.244 e. The van der Waals surface area contributed by atoms with Gasteiger partial charge in [-0.1, -0.05) is 123 Å². The number of carbonyl (C=O) groups is 1. The van der Waals surface area contributed by atoms with Gasteiger partial charge in [-0.05, 0) is 130 Å². The van der Waals surface area contributed by atoms with Crippen LogP contribution in [0.4, 0.5) is 0 Å². The van der Waals surface area contributed by atoms with Crippen LogP contribution in [0.3, 0.4) is 0 Å². The summed E-state index contributed by atoms with van der Waals surface area (Å²) in [5, 5.41) is 6.46. The predicted molar refractivity (Wildman–Crippen MR) is 322 cm³/mol. The molecule has 14 heteroatoms. The second-order valence-electron chi connectivity index (χ2n) is 18.2. The van der Waals surface area contributed by atoms with Gasteiger partial charge in [0, 0.05) is 43.7 Å². The molecule has 0 fully saturated rings. The molecule has 0 bridgehead atoms. The quantitative estimate of drug-likeness (QED) is 0.0518. The Bertz CT molecular complexity index is 3200. The second-order valence-corrected chi connectivity index (χ2v) is 18.2. The molecule has 8 aromatic rings. The second kappa shape index (κ2) is 33.4. The number of nitrogens with zero attached hydrogens (tertiary/aromatic N) is 2. The molecule has 1 aliphatic heterocycles. The summed E-state index contributed by atoms with van der Waals surface area (Å²) < 4.78 is 44.5. The SMILES string of the molecule is C.COc1cc(/C=C/C2NCCc3cc(OCc4ccccc4)c(OC)cc32)ccn1.COc1ccc(/C=C/C(=O)NCCc2ccc(OC)c(OCc3ccccc3)c2)cn1.COc1ccc(CCN)cc1OCc1ccccc1. The van der Waals surface area contributed by atoms with Crippen molar-refractivity contribution in [3.63, 3.8) is 0 Å². The molecule has 1 aliphatic rings. The Morgan fingerprint density at radius 1 is 0.556 bits per heavy atom. The summed E-state index contributed by atoms with van der Waals surface area (Å²) >= 11 is 0. The van der Waals surface area contributed by atoms with Gasteiger partial charge in [0.1, 0.15) is 19.8 Å². The van der Waals surface area contributed by atoms with Crippen LogP contribution in [0.5, 0.6) is 46.3 Å². The van der Waals surface area contributed by atoms with Gasteiger partial charge >= 0.3 is 0 Å². The van der Waals surface area contributed by atoms with Crippen LogP contribution in [0, 0.1) is 0 Å². The van der Waals surface area contributed by atoms with Crippen molar-refractivity contribution in [1.29, 1.82) is 0 Å². The molecular weight excluding hydrogens is 1020 g/mol. The standard InChI is InChI=1S/C25H26N2O4.C25H26N2O3.C16H19NO2.CH4/c1-29-22-11-8-19(16-23(22)31-18-21-6-4-3-5-7-21)14-15-26-24(28)12-9-20-10-13-25(30-2)27-17-20;1-28-23-16-21-20(15-24(23)30-17-19-6-4-3-5-7-19)11-13-26-22(21)9-8-18-10-12-27-25(14-18)29-2;1-18-15-8-7-13(9-10-17)11-16(15)19-12-14-5-3-2-4-6-14;/h3-13,16-17H,14-15,18H2,1-2H3,(H,26,28);3-10,12,14-16,22,26H,11,13,17H2,1-2H3;2-8,11H,9-10,12,17H2,1H3;1H4/b12-9+;9-8+;;. The Balaban J connectivity index is 0.000000200. The number of nitrogens with one attached hydrogen (secondary N) is 2. The Morgan fingerprint density at radius 2 is 1.11 bits per heavy atom. The predicted octanol–water partition coefficient (Wildman–Crippen LogP) is 12.0. The lowest BCUT2D eigenvalue weighted by atomic mass is 9.93. The van der Waals surface area contributed by atoms with Crippen molar-refractivity contribution >= 4 is 18.1 Å². The molecular formula is C67H75N5O9. The summed E-state index contributed by atoms with van der Waals surface area (Å²) in [6.45, 7) is 3.55. The number of carbonyl (C=O) groups excluding carboxylic acids is 1. The summed E-state index contributed by atoms with van der Waals surface area (Å²) in [6.07, 6.45) is 13.3. The lowest BCUT2D eigenvalue weighted by Gasteiger charge is -2.26. The molecule has 0 saturated carbocycles. The minimum absolute atomic E-state index is 0. The molecule has 0 radical (unpaired) electrons. The first-order valence-electron chi connectivity index (χ1n) is 26.4. The Kier molecular flexibility index (Phi) is 25.2. The molecule has 4 N–H and O–H groups in total. The number of aromatic nitrogens is 2. The lowest BCUT2D eigenvalue weighted by Crippen LogP contribution is -2.28. The number of fused-ring (bicyclic) bond motifs is 1. The zero-order valence-corrected chi connectivity index (χ0v) is 46.1. The molecule has 3 heterocycles. The zero-order chi connectivity index (χ0) is 56.2. The van der Waals surface area contributed by atoms with Crippen molar-refractivity contribution < 1.29 is 42.7 Å². The minimum Gasteiger partial charge on any atom is -0.493 e. The van der Waals surface area contributed by atoms with Crippen molar-refractivity contribution in [2.45, 2.75) is 52.6 Å². The Hall–Kier alpha value is -9.11. The van der Waals surface area contributed by atoms with E-state index in [4.69, 9.17) is 43.6 Å². The van der Waals surface area contributed by atoms with Gasteiger partial charge in [0.05, 0.1) is 41.6 Å². The Labute approximate surface area is 477 Å². The molecule has 0 spiro atoms. The van der Waals surface area contributed by atoms with E-state index in [-0.39, 0.29) is 19.4 Å². The van der Waals surface area contributed by atoms with E-state index in [1.54, 1.807) is 60.1 Å². The number of methoxy groups -OCH3 is 5. The van der Waals surface area contributed by atoms with Crippen molar-refractivity contribution in [3.8, 4) is 46.3 Å². The van der Waals surface area contributed by atoms with E-state index >= 15 is 0 Å². The number of hydrogen-bond acceptors (Lipinski definition) is 13. The summed E-state index contributed by atoms with van der Waals surface area (Å²) in [7, 11) is 8.13. The van der Waals surface area contributed by atoms with Crippen LogP contribution in [0.25, 0.3) is 12.2 Å². The third-order valence-corrected chi connectivity index (χ3v) is 12.7. The summed E-state index contributed by atoms with van der Waals surface area (Å²) in [5.41, 5.74) is 15.5. The summed E-state index contributed by atoms with van der Waals surface area (Å²) in [6, 6.07) is 53.7. The number of nitrogens with two attached hydrogens (primary N) is 1. The number of pyridine rings is 2. The summed E-state index contributed by atoms with van der Waals surface area (Å²) in [4.78, 5) is 20.3. The highest BCUT2D eigenvalue weighted by Crippen LogP contribution is 2.37. The van der Waals surface area contributed by atoms with Gasteiger partial charge in [0.25, 0.3) is 0 Å². The van der Waals surface area contributed by atoms with Gasteiger partial charge in [-0.3, -0.25) is 4.79 Å². The van der Waals surface area contributed by atoms with E-state index in [1.807, 2.05) is 133 Å². The number of hydrogen-bond donors (Lipinski definition) is 3. The topological polar surface area (TPSA) is 167 Å². The third kappa shape index (κ3) is 19.6. The Morgan fingerprint density at radius 3 is 1.63 bits per heavy atom. The van der Waals surface area contributed by atoms with Crippen molar-refractivity contribution in [2.75, 3.05) is 55.2 Å². The number of benzene rings is 6. The molecule has 0 aliphatic carbocycles. The molecule has 14 nitrogen and oxygen atoms in total. The fraction of sp³-hybridized carbons (Fsp3) is 0.239. The van der Waals surface area contributed by atoms with E-state index < -0.39 is 0 Å². The van der Waals surface area contributed by atoms with Gasteiger partial charge in [-0.25, -0.2) is 9.97 Å². The average molecular weight is 1090 g/mol. The fourth-order valence-electron chi connectivity index (χ4n) is 8.41. The van der Waals surface area contributed by atoms with Crippen molar-refractivity contribution in [3.05, 3.63) is 238 Å². The van der Waals surface area contributed by atoms with E-state index in [2.05, 4.69) is 57.0 Å². The molecule has 1 amide bonds. The highest BCUT2D eigenvalue weighted by Gasteiger charge is 2.21. The fourth-order valence-corrected chi connectivity index (χ4v) is 8.41. The van der Waals surface area contributed by atoms with Gasteiger partial charge in [0.2, 0.25) is 17.7 Å². The van der Waals surface area contributed by atoms with Crippen LogP contribution in [0.1, 0.15) is 63.5 Å². The van der Waals surface area contributed by atoms with Gasteiger partial charge in [-0.2, -0.15) is 0 Å². The zero-order valence-electron chi connectivity index (χ0n) is 46.1. The van der Waals surface area contributed by atoms with E-state index in [9.17, 15) is 4.79 Å². The lowest BCUT2D eigenvalue weighted by molar-refractivity contribution is -0.116. The van der Waals surface area contributed by atoms with Gasteiger partial charge in [0.15, 0.2) is 34.5 Å². The van der Waals surface area contributed by atoms with Crippen LogP contribution >= 0.6 is 0 Å². The van der Waals surface area contributed by atoms with Crippen molar-refractivity contribution in [2.24, 2.45) is 5.73 Å². The van der Waals surface area contributed by atoms with Gasteiger partial charge in [-0.15, -0.1) is 0 Å². The third-order valence-electron chi connectivity index (χ3n) is 12.7. The van der Waals surface area contributed by atoms with Crippen LogP contribution in [-0.2, 0) is 43.9 Å². The molecule has 9 rings (SSSR count). The van der Waals surface area contributed by atoms with Crippen molar-refractivity contribution in [1.82, 2.24) is 20.6 Å². The number of ether oxygens (including phenoxy) is 8. The largest absolute Gasteiger partial charge is 0.493 e. The van der Waals surface area contributed by atoms with E-state index in [0.717, 1.165) is 81.3 Å². The van der Waals surface area contributed by atoms with Crippen LogP contribution in [0.2, 0.25) is 0 Å². The molecule has 422 valence electrons. The molecule has 1 unspecified atom stereocenters. The maximum absolute atomic E-state index is 12.1. The van der Waals surface area contributed by atoms with Crippen LogP contribution in [0.15, 0.2) is 188 Å². The number of rotatable bonds is 23. The molecule has 2 aromatic heterocycles. The van der Waals surface area contributed by atoms with E-state index in [1.165, 1.54) is 17.2 Å². The molecule has 6 aromatic carbocycles. The highest BCUT2D eigenvalue weighted by molar-refractivity contribution is 5.91. The monoisotopic (exact) mass is 1090 g/mol. The first-order chi connectivity index (χ1) is 39.3.